The normalized spacial score (nSPS) is 21.2. The zero-order valence-corrected chi connectivity index (χ0v) is 19.9. The summed E-state index contributed by atoms with van der Waals surface area (Å²) in [5.74, 6) is 0.442. The lowest BCUT2D eigenvalue weighted by molar-refractivity contribution is 0.122. The minimum Gasteiger partial charge on any atom is -0.341 e. The van der Waals surface area contributed by atoms with Crippen molar-refractivity contribution >= 4 is 33.2 Å². The number of H-pyrrole nitrogens is 1. The first kappa shape index (κ1) is 21.9. The van der Waals surface area contributed by atoms with E-state index in [9.17, 15) is 8.42 Å². The van der Waals surface area contributed by atoms with E-state index < -0.39 is 10.0 Å². The number of hydrogen-bond acceptors (Lipinski definition) is 4. The molecule has 3 heterocycles. The third-order valence-corrected chi connectivity index (χ3v) is 8.69. The molecule has 3 aromatic rings. The van der Waals surface area contributed by atoms with Gasteiger partial charge in [-0.1, -0.05) is 47.5 Å². The molecule has 1 saturated heterocycles. The van der Waals surface area contributed by atoms with Gasteiger partial charge in [-0.05, 0) is 55.5 Å². The van der Waals surface area contributed by atoms with E-state index in [0.29, 0.717) is 27.1 Å². The highest BCUT2D eigenvalue weighted by atomic mass is 35.5. The second kappa shape index (κ2) is 8.47. The number of benzene rings is 2. The van der Waals surface area contributed by atoms with Crippen LogP contribution in [0.1, 0.15) is 35.7 Å². The van der Waals surface area contributed by atoms with E-state index in [4.69, 9.17) is 23.2 Å². The number of fused-ring (bicyclic) bond motifs is 3. The van der Waals surface area contributed by atoms with Crippen LogP contribution in [0.15, 0.2) is 47.5 Å². The number of nitrogens with zero attached hydrogens (tertiary/aromatic N) is 2. The molecule has 0 spiro atoms. The Hall–Kier alpha value is -1.90. The molecular weight excluding hydrogens is 467 g/mol. The van der Waals surface area contributed by atoms with Crippen molar-refractivity contribution in [2.24, 2.45) is 0 Å². The van der Waals surface area contributed by atoms with Gasteiger partial charge in [0, 0.05) is 30.7 Å². The zero-order valence-electron chi connectivity index (χ0n) is 17.6. The van der Waals surface area contributed by atoms with Gasteiger partial charge in [-0.15, -0.1) is 0 Å². The van der Waals surface area contributed by atoms with Gasteiger partial charge in [0.2, 0.25) is 0 Å². The Morgan fingerprint density at radius 2 is 1.94 bits per heavy atom. The summed E-state index contributed by atoms with van der Waals surface area (Å²) >= 11 is 12.1. The van der Waals surface area contributed by atoms with Gasteiger partial charge in [-0.25, -0.2) is 18.1 Å². The molecule has 2 aliphatic heterocycles. The maximum atomic E-state index is 13.2. The Balaban J connectivity index is 1.37. The molecule has 2 aromatic carbocycles. The Kier molecular flexibility index (Phi) is 5.80. The van der Waals surface area contributed by atoms with Crippen LogP contribution >= 0.6 is 23.2 Å². The summed E-state index contributed by atoms with van der Waals surface area (Å²) in [5.41, 5.74) is 3.85. The lowest BCUT2D eigenvalue weighted by atomic mass is 9.85. The predicted octanol–water partition coefficient (Wildman–Crippen LogP) is 4.73. The van der Waals surface area contributed by atoms with Crippen LogP contribution in [0.5, 0.6) is 0 Å². The molecule has 0 bridgehead atoms. The number of rotatable bonds is 4. The highest BCUT2D eigenvalue weighted by Crippen LogP contribution is 2.37. The Morgan fingerprint density at radius 3 is 2.75 bits per heavy atom. The van der Waals surface area contributed by atoms with Gasteiger partial charge in [0.05, 0.1) is 15.7 Å². The minimum atomic E-state index is -3.78. The fraction of sp³-hybridized carbons (Fsp3) is 0.348. The van der Waals surface area contributed by atoms with Crippen LogP contribution in [0, 0.1) is 6.92 Å². The van der Waals surface area contributed by atoms with E-state index in [1.807, 2.05) is 0 Å². The molecule has 1 aromatic heterocycles. The molecular formula is C23H24Cl2N4O2S. The maximum absolute atomic E-state index is 13.2. The van der Waals surface area contributed by atoms with Gasteiger partial charge in [-0.3, -0.25) is 4.90 Å². The second-order valence-electron chi connectivity index (χ2n) is 8.49. The number of sulfonamides is 1. The van der Waals surface area contributed by atoms with Gasteiger partial charge in [0.1, 0.15) is 5.82 Å². The molecule has 168 valence electrons. The molecule has 2 aliphatic rings. The van der Waals surface area contributed by atoms with E-state index in [1.165, 1.54) is 11.1 Å². The average molecular weight is 491 g/mol. The topological polar surface area (TPSA) is 78.1 Å². The quantitative estimate of drug-likeness (QED) is 0.553. The summed E-state index contributed by atoms with van der Waals surface area (Å²) in [6.07, 6.45) is 2.58. The highest BCUT2D eigenvalue weighted by Gasteiger charge is 2.35. The molecule has 0 aliphatic carbocycles. The van der Waals surface area contributed by atoms with Crippen molar-refractivity contribution in [3.63, 3.8) is 0 Å². The fourth-order valence-corrected chi connectivity index (χ4v) is 6.55. The first-order valence-electron chi connectivity index (χ1n) is 10.7. The lowest BCUT2D eigenvalue weighted by Gasteiger charge is -2.43. The van der Waals surface area contributed by atoms with Gasteiger partial charge >= 0.3 is 0 Å². The molecule has 2 unspecified atom stereocenters. The average Bonchev–Trinajstić information content (AvgIpc) is 3.18. The van der Waals surface area contributed by atoms with Crippen molar-refractivity contribution in [1.29, 1.82) is 0 Å². The molecule has 0 saturated carbocycles. The molecule has 1 fully saturated rings. The van der Waals surface area contributed by atoms with Crippen LogP contribution in [-0.2, 0) is 16.4 Å². The standard InChI is InChI=1S/C23H24Cl2N4O2S/c1-14-23(27-22(26-14)16-6-7-19(24)20(25)12-16)32(30,31)28-17-9-11-29-10-8-15-4-2-3-5-18(15)21(29)13-17/h2-7,12,17,21,28H,8-11,13H2,1H3,(H,26,27). The summed E-state index contributed by atoms with van der Waals surface area (Å²) in [6.45, 7) is 3.61. The molecule has 0 radical (unpaired) electrons. The predicted molar refractivity (Wildman–Crippen MR) is 127 cm³/mol. The van der Waals surface area contributed by atoms with Crippen LogP contribution in [0.25, 0.3) is 11.4 Å². The van der Waals surface area contributed by atoms with Gasteiger partial charge < -0.3 is 4.98 Å². The first-order chi connectivity index (χ1) is 15.3. The van der Waals surface area contributed by atoms with E-state index in [-0.39, 0.29) is 17.1 Å². The number of nitrogens with one attached hydrogen (secondary N) is 2. The van der Waals surface area contributed by atoms with Crippen LogP contribution in [0.2, 0.25) is 10.0 Å². The number of hydrogen-bond donors (Lipinski definition) is 2. The first-order valence-corrected chi connectivity index (χ1v) is 12.9. The van der Waals surface area contributed by atoms with Crippen LogP contribution in [0.4, 0.5) is 0 Å². The summed E-state index contributed by atoms with van der Waals surface area (Å²) < 4.78 is 29.4. The largest absolute Gasteiger partial charge is 0.341 e. The third-order valence-electron chi connectivity index (χ3n) is 6.41. The van der Waals surface area contributed by atoms with Crippen molar-refractivity contribution in [1.82, 2.24) is 19.6 Å². The smallest absolute Gasteiger partial charge is 0.260 e. The molecule has 2 atom stereocenters. The monoisotopic (exact) mass is 490 g/mol. The van der Waals surface area contributed by atoms with Gasteiger partial charge in [0.15, 0.2) is 5.03 Å². The van der Waals surface area contributed by atoms with E-state index >= 15 is 0 Å². The molecule has 0 amide bonds. The fourth-order valence-electron chi connectivity index (χ4n) is 4.82. The Labute approximate surface area is 198 Å². The number of halogens is 2. The lowest BCUT2D eigenvalue weighted by Crippen LogP contribution is -2.48. The number of aromatic amines is 1. The summed E-state index contributed by atoms with van der Waals surface area (Å²) in [6, 6.07) is 13.7. The van der Waals surface area contributed by atoms with Gasteiger partial charge in [-0.2, -0.15) is 0 Å². The van der Waals surface area contributed by atoms with Crippen molar-refractivity contribution in [3.05, 3.63) is 69.3 Å². The third kappa shape index (κ3) is 4.08. The SMILES string of the molecule is Cc1[nH]c(-c2ccc(Cl)c(Cl)c2)nc1S(=O)(=O)NC1CCN2CCc3ccccc3C2C1. The molecule has 9 heteroatoms. The van der Waals surface area contributed by atoms with Crippen molar-refractivity contribution < 1.29 is 8.42 Å². The number of aromatic nitrogens is 2. The number of imidazole rings is 1. The number of aryl methyl sites for hydroxylation is 1. The summed E-state index contributed by atoms with van der Waals surface area (Å²) in [4.78, 5) is 9.92. The van der Waals surface area contributed by atoms with Crippen molar-refractivity contribution in [2.75, 3.05) is 13.1 Å². The van der Waals surface area contributed by atoms with E-state index in [0.717, 1.165) is 32.4 Å². The molecule has 6 nitrogen and oxygen atoms in total. The van der Waals surface area contributed by atoms with Gasteiger partial charge in [0.25, 0.3) is 10.0 Å². The van der Waals surface area contributed by atoms with Crippen molar-refractivity contribution in [3.8, 4) is 11.4 Å². The van der Waals surface area contributed by atoms with E-state index in [2.05, 4.69) is 43.9 Å². The molecule has 32 heavy (non-hydrogen) atoms. The minimum absolute atomic E-state index is 0.0186. The second-order valence-corrected chi connectivity index (χ2v) is 10.9. The van der Waals surface area contributed by atoms with Crippen LogP contribution in [0.3, 0.4) is 0 Å². The van der Waals surface area contributed by atoms with Crippen LogP contribution in [-0.4, -0.2) is 42.4 Å². The van der Waals surface area contributed by atoms with E-state index in [1.54, 1.807) is 25.1 Å². The molecule has 5 rings (SSSR count). The number of piperidine rings is 1. The maximum Gasteiger partial charge on any atom is 0.260 e. The summed E-state index contributed by atoms with van der Waals surface area (Å²) in [7, 11) is -3.78. The Morgan fingerprint density at radius 1 is 1.12 bits per heavy atom. The zero-order chi connectivity index (χ0) is 22.5. The Bertz CT molecular complexity index is 1270. The summed E-state index contributed by atoms with van der Waals surface area (Å²) in [5, 5.41) is 0.842. The highest BCUT2D eigenvalue weighted by molar-refractivity contribution is 7.89. The van der Waals surface area contributed by atoms with Crippen molar-refractivity contribution in [2.45, 2.75) is 43.3 Å². The van der Waals surface area contributed by atoms with Crippen LogP contribution < -0.4 is 4.72 Å². The molecule has 2 N–H and O–H groups in total.